The summed E-state index contributed by atoms with van der Waals surface area (Å²) >= 11 is 3.43. The van der Waals surface area contributed by atoms with Crippen molar-refractivity contribution < 1.29 is 9.59 Å². The lowest BCUT2D eigenvalue weighted by Crippen LogP contribution is -2.28. The number of aryl methyl sites for hydroxylation is 1. The fraction of sp³-hybridized carbons (Fsp3) is 0.364. The molecule has 28 heavy (non-hydrogen) atoms. The lowest BCUT2D eigenvalue weighted by Gasteiger charge is -2.21. The molecule has 1 N–H and O–H groups in total. The van der Waals surface area contributed by atoms with E-state index in [-0.39, 0.29) is 24.2 Å². The van der Waals surface area contributed by atoms with Gasteiger partial charge in [0.1, 0.15) is 0 Å². The highest BCUT2D eigenvalue weighted by molar-refractivity contribution is 9.10. The summed E-state index contributed by atoms with van der Waals surface area (Å²) in [6.07, 6.45) is 2.72. The van der Waals surface area contributed by atoms with Crippen molar-refractivity contribution in [1.29, 1.82) is 0 Å². The largest absolute Gasteiger partial charge is 0.372 e. The number of carbonyl (C=O) groups excluding carboxylic acids is 2. The second-order valence-electron chi connectivity index (χ2n) is 7.56. The van der Waals surface area contributed by atoms with Crippen molar-refractivity contribution in [1.82, 2.24) is 0 Å². The quantitative estimate of drug-likeness (QED) is 0.766. The maximum Gasteiger partial charge on any atom is 0.229 e. The van der Waals surface area contributed by atoms with E-state index < -0.39 is 0 Å². The topological polar surface area (TPSA) is 52.7 Å². The van der Waals surface area contributed by atoms with Gasteiger partial charge >= 0.3 is 0 Å². The lowest BCUT2D eigenvalue weighted by molar-refractivity contribution is -0.122. The van der Waals surface area contributed by atoms with Gasteiger partial charge in [0, 0.05) is 47.6 Å². The molecule has 146 valence electrons. The van der Waals surface area contributed by atoms with Gasteiger partial charge in [0.25, 0.3) is 0 Å². The predicted molar refractivity (Wildman–Crippen MR) is 116 cm³/mol. The van der Waals surface area contributed by atoms with E-state index in [1.165, 1.54) is 18.5 Å². The van der Waals surface area contributed by atoms with Gasteiger partial charge in [-0.1, -0.05) is 15.9 Å². The SMILES string of the molecule is Cc1cc(Br)ccc1NC(=O)C1CC(=O)N(c2ccc(N3CCCC3)cc2)C1. The molecule has 0 spiro atoms. The molecule has 2 aliphatic heterocycles. The Morgan fingerprint density at radius 2 is 1.75 bits per heavy atom. The van der Waals surface area contributed by atoms with Crippen LogP contribution in [0.1, 0.15) is 24.8 Å². The first-order valence-electron chi connectivity index (χ1n) is 9.73. The van der Waals surface area contributed by atoms with Gasteiger partial charge in [0.15, 0.2) is 0 Å². The highest BCUT2D eigenvalue weighted by atomic mass is 79.9. The highest BCUT2D eigenvalue weighted by Gasteiger charge is 2.35. The van der Waals surface area contributed by atoms with Crippen LogP contribution < -0.4 is 15.1 Å². The minimum Gasteiger partial charge on any atom is -0.372 e. The Bertz CT molecular complexity index is 891. The van der Waals surface area contributed by atoms with Crippen LogP contribution in [0.5, 0.6) is 0 Å². The molecule has 0 aromatic heterocycles. The Labute approximate surface area is 173 Å². The van der Waals surface area contributed by atoms with Crippen LogP contribution in [-0.4, -0.2) is 31.4 Å². The van der Waals surface area contributed by atoms with Gasteiger partial charge in [-0.3, -0.25) is 9.59 Å². The first-order chi connectivity index (χ1) is 13.5. The number of halogens is 1. The molecule has 2 amide bonds. The van der Waals surface area contributed by atoms with Gasteiger partial charge in [-0.2, -0.15) is 0 Å². The molecule has 0 aliphatic carbocycles. The van der Waals surface area contributed by atoms with Gasteiger partial charge in [0.05, 0.1) is 5.92 Å². The van der Waals surface area contributed by atoms with Crippen molar-refractivity contribution >= 4 is 44.8 Å². The van der Waals surface area contributed by atoms with Crippen LogP contribution in [0.2, 0.25) is 0 Å². The Balaban J connectivity index is 1.42. The molecule has 0 saturated carbocycles. The molecule has 2 fully saturated rings. The minimum atomic E-state index is -0.339. The molecule has 2 saturated heterocycles. The molecule has 2 aromatic carbocycles. The Kier molecular flexibility index (Phi) is 5.40. The van der Waals surface area contributed by atoms with Gasteiger partial charge < -0.3 is 15.1 Å². The van der Waals surface area contributed by atoms with E-state index in [4.69, 9.17) is 0 Å². The summed E-state index contributed by atoms with van der Waals surface area (Å²) in [4.78, 5) is 29.3. The molecule has 6 heteroatoms. The van der Waals surface area contributed by atoms with Crippen LogP contribution in [0.4, 0.5) is 17.1 Å². The molecule has 5 nitrogen and oxygen atoms in total. The maximum absolute atomic E-state index is 12.7. The monoisotopic (exact) mass is 441 g/mol. The van der Waals surface area contributed by atoms with E-state index in [1.54, 1.807) is 4.90 Å². The summed E-state index contributed by atoms with van der Waals surface area (Å²) in [6, 6.07) is 13.9. The Morgan fingerprint density at radius 1 is 1.07 bits per heavy atom. The number of carbonyl (C=O) groups is 2. The van der Waals surface area contributed by atoms with E-state index in [9.17, 15) is 9.59 Å². The van der Waals surface area contributed by atoms with Gasteiger partial charge in [-0.25, -0.2) is 0 Å². The van der Waals surface area contributed by atoms with Crippen molar-refractivity contribution in [3.63, 3.8) is 0 Å². The molecule has 2 aromatic rings. The molecule has 4 rings (SSSR count). The van der Waals surface area contributed by atoms with Crippen molar-refractivity contribution in [2.75, 3.05) is 34.8 Å². The summed E-state index contributed by atoms with van der Waals surface area (Å²) in [6.45, 7) is 4.57. The number of amides is 2. The maximum atomic E-state index is 12.7. The van der Waals surface area contributed by atoms with E-state index in [0.29, 0.717) is 6.54 Å². The zero-order valence-corrected chi connectivity index (χ0v) is 17.5. The summed E-state index contributed by atoms with van der Waals surface area (Å²) in [5, 5.41) is 2.97. The van der Waals surface area contributed by atoms with Gasteiger partial charge in [0.2, 0.25) is 11.8 Å². The van der Waals surface area contributed by atoms with Crippen molar-refractivity contribution in [3.05, 3.63) is 52.5 Å². The first-order valence-corrected chi connectivity index (χ1v) is 10.5. The number of nitrogens with zero attached hydrogens (tertiary/aromatic N) is 2. The van der Waals surface area contributed by atoms with E-state index in [0.717, 1.165) is 34.5 Å². The number of rotatable bonds is 4. The summed E-state index contributed by atoms with van der Waals surface area (Å²) in [5.41, 5.74) is 3.84. The lowest BCUT2D eigenvalue weighted by atomic mass is 10.1. The summed E-state index contributed by atoms with van der Waals surface area (Å²) in [5.74, 6) is -0.439. The Hall–Kier alpha value is -2.34. The Morgan fingerprint density at radius 3 is 2.43 bits per heavy atom. The number of hydrogen-bond acceptors (Lipinski definition) is 3. The van der Waals surface area contributed by atoms with E-state index in [1.807, 2.05) is 37.3 Å². The molecule has 1 atom stereocenters. The van der Waals surface area contributed by atoms with Crippen LogP contribution >= 0.6 is 15.9 Å². The third kappa shape index (κ3) is 3.92. The standard InChI is InChI=1S/C22H24BrN3O2/c1-15-12-17(23)4-9-20(15)24-22(28)16-13-21(27)26(14-16)19-7-5-18(6-8-19)25-10-2-3-11-25/h4-9,12,16H,2-3,10-11,13-14H2,1H3,(H,24,28). The zero-order valence-electron chi connectivity index (χ0n) is 16.0. The van der Waals surface area contributed by atoms with Crippen LogP contribution in [0.25, 0.3) is 0 Å². The predicted octanol–water partition coefficient (Wildman–Crippen LogP) is 4.35. The van der Waals surface area contributed by atoms with Gasteiger partial charge in [-0.15, -0.1) is 0 Å². The zero-order chi connectivity index (χ0) is 19.7. The van der Waals surface area contributed by atoms with Crippen molar-refractivity contribution in [2.45, 2.75) is 26.2 Å². The fourth-order valence-corrected chi connectivity index (χ4v) is 4.43. The third-order valence-electron chi connectivity index (χ3n) is 5.57. The van der Waals surface area contributed by atoms with Crippen molar-refractivity contribution in [2.24, 2.45) is 5.92 Å². The van der Waals surface area contributed by atoms with Crippen LogP contribution in [0, 0.1) is 12.8 Å². The summed E-state index contributed by atoms with van der Waals surface area (Å²) in [7, 11) is 0. The van der Waals surface area contributed by atoms with E-state index >= 15 is 0 Å². The molecule has 0 bridgehead atoms. The van der Waals surface area contributed by atoms with Crippen LogP contribution in [0.3, 0.4) is 0 Å². The molecule has 2 aliphatic rings. The summed E-state index contributed by atoms with van der Waals surface area (Å²) < 4.78 is 0.975. The number of nitrogens with one attached hydrogen (secondary N) is 1. The number of hydrogen-bond donors (Lipinski definition) is 1. The number of anilines is 3. The molecule has 1 unspecified atom stereocenters. The van der Waals surface area contributed by atoms with Crippen molar-refractivity contribution in [3.8, 4) is 0 Å². The fourth-order valence-electron chi connectivity index (χ4n) is 3.95. The average molecular weight is 442 g/mol. The average Bonchev–Trinajstić information content (AvgIpc) is 3.34. The normalized spacial score (nSPS) is 19.4. The molecule has 0 radical (unpaired) electrons. The molecule has 2 heterocycles. The minimum absolute atomic E-state index is 0.00148. The molecular formula is C22H24BrN3O2. The van der Waals surface area contributed by atoms with E-state index in [2.05, 4.69) is 38.3 Å². The second kappa shape index (κ2) is 7.95. The third-order valence-corrected chi connectivity index (χ3v) is 6.07. The number of benzene rings is 2. The van der Waals surface area contributed by atoms with Gasteiger partial charge in [-0.05, 0) is 67.8 Å². The van der Waals surface area contributed by atoms with Crippen LogP contribution in [0.15, 0.2) is 46.9 Å². The van der Waals surface area contributed by atoms with Crippen LogP contribution in [-0.2, 0) is 9.59 Å². The molecular weight excluding hydrogens is 418 g/mol. The smallest absolute Gasteiger partial charge is 0.229 e. The first kappa shape index (κ1) is 19.0. The second-order valence-corrected chi connectivity index (χ2v) is 8.48. The highest BCUT2D eigenvalue weighted by Crippen LogP contribution is 2.29.